The molecule has 102 valence electrons. The van der Waals surface area contributed by atoms with Crippen LogP contribution in [-0.2, 0) is 6.54 Å². The Hall–Kier alpha value is -0.380. The zero-order valence-electron chi connectivity index (χ0n) is 11.2. The fraction of sp³-hybridized carbons (Fsp3) is 0.571. The van der Waals surface area contributed by atoms with Crippen LogP contribution in [0.25, 0.3) is 0 Å². The van der Waals surface area contributed by atoms with Gasteiger partial charge in [-0.2, -0.15) is 11.8 Å². The van der Waals surface area contributed by atoms with Crippen LogP contribution in [0.5, 0.6) is 5.75 Å². The molecular weight excluding hydrogens is 266 g/mol. The molecule has 1 N–H and O–H groups in total. The van der Waals surface area contributed by atoms with Crippen LogP contribution in [0, 0.1) is 0 Å². The van der Waals surface area contributed by atoms with Gasteiger partial charge in [-0.05, 0) is 43.5 Å². The van der Waals surface area contributed by atoms with Crippen molar-refractivity contribution in [3.63, 3.8) is 0 Å². The number of hydrogen-bond acceptors (Lipinski definition) is 3. The number of hydrogen-bond donors (Lipinski definition) is 1. The quantitative estimate of drug-likeness (QED) is 0.695. The summed E-state index contributed by atoms with van der Waals surface area (Å²) in [7, 11) is 1.68. The number of rotatable bonds is 9. The molecule has 0 bridgehead atoms. The van der Waals surface area contributed by atoms with Crippen molar-refractivity contribution in [3.8, 4) is 5.75 Å². The van der Waals surface area contributed by atoms with Gasteiger partial charge in [0.2, 0.25) is 0 Å². The van der Waals surface area contributed by atoms with Crippen LogP contribution in [0.2, 0.25) is 5.02 Å². The molecule has 18 heavy (non-hydrogen) atoms. The van der Waals surface area contributed by atoms with Crippen molar-refractivity contribution in [2.24, 2.45) is 0 Å². The standard InChI is InChI=1S/C14H22ClNOS/c1-17-14-8-6-7-13(15)12(14)11-16-9-4-3-5-10-18-2/h6-8,16H,3-5,9-11H2,1-2H3. The smallest absolute Gasteiger partial charge is 0.124 e. The Kier molecular flexibility index (Phi) is 8.31. The predicted molar refractivity (Wildman–Crippen MR) is 81.9 cm³/mol. The van der Waals surface area contributed by atoms with E-state index in [9.17, 15) is 0 Å². The molecule has 1 rings (SSSR count). The van der Waals surface area contributed by atoms with Crippen LogP contribution in [0.15, 0.2) is 18.2 Å². The molecule has 0 aliphatic heterocycles. The van der Waals surface area contributed by atoms with Crippen molar-refractivity contribution in [1.29, 1.82) is 0 Å². The Morgan fingerprint density at radius 2 is 2.11 bits per heavy atom. The highest BCUT2D eigenvalue weighted by molar-refractivity contribution is 7.98. The van der Waals surface area contributed by atoms with Crippen LogP contribution >= 0.6 is 23.4 Å². The van der Waals surface area contributed by atoms with E-state index in [4.69, 9.17) is 16.3 Å². The molecule has 0 aliphatic rings. The van der Waals surface area contributed by atoms with Gasteiger partial charge in [-0.25, -0.2) is 0 Å². The van der Waals surface area contributed by atoms with Crippen LogP contribution in [0.3, 0.4) is 0 Å². The fourth-order valence-corrected chi connectivity index (χ4v) is 2.51. The van der Waals surface area contributed by atoms with Crippen molar-refractivity contribution in [3.05, 3.63) is 28.8 Å². The summed E-state index contributed by atoms with van der Waals surface area (Å²) in [4.78, 5) is 0. The number of nitrogens with one attached hydrogen (secondary N) is 1. The summed E-state index contributed by atoms with van der Waals surface area (Å²) in [5.74, 6) is 2.12. The van der Waals surface area contributed by atoms with Crippen LogP contribution in [0.4, 0.5) is 0 Å². The van der Waals surface area contributed by atoms with Crippen LogP contribution in [0.1, 0.15) is 24.8 Å². The molecule has 1 aromatic rings. The lowest BCUT2D eigenvalue weighted by molar-refractivity contribution is 0.407. The number of methoxy groups -OCH3 is 1. The Morgan fingerprint density at radius 3 is 2.83 bits per heavy atom. The average molecular weight is 288 g/mol. The minimum atomic E-state index is 0.768. The molecule has 0 amide bonds. The molecule has 0 saturated heterocycles. The first-order valence-electron chi connectivity index (χ1n) is 6.30. The highest BCUT2D eigenvalue weighted by Crippen LogP contribution is 2.25. The van der Waals surface area contributed by atoms with E-state index >= 15 is 0 Å². The molecule has 0 aromatic heterocycles. The summed E-state index contributed by atoms with van der Waals surface area (Å²) < 4.78 is 5.31. The van der Waals surface area contributed by atoms with E-state index in [-0.39, 0.29) is 0 Å². The normalized spacial score (nSPS) is 10.6. The van der Waals surface area contributed by atoms with Gasteiger partial charge >= 0.3 is 0 Å². The van der Waals surface area contributed by atoms with Gasteiger partial charge in [0.15, 0.2) is 0 Å². The summed E-state index contributed by atoms with van der Waals surface area (Å²) in [6.45, 7) is 1.80. The predicted octanol–water partition coefficient (Wildman–Crippen LogP) is 3.97. The lowest BCUT2D eigenvalue weighted by Gasteiger charge is -2.11. The van der Waals surface area contributed by atoms with Crippen molar-refractivity contribution in [1.82, 2.24) is 5.32 Å². The number of ether oxygens (including phenoxy) is 1. The van der Waals surface area contributed by atoms with E-state index in [1.54, 1.807) is 7.11 Å². The van der Waals surface area contributed by atoms with E-state index in [1.165, 1.54) is 25.0 Å². The Labute approximate surface area is 119 Å². The second-order valence-corrected chi connectivity index (χ2v) is 5.54. The first kappa shape index (κ1) is 15.7. The minimum Gasteiger partial charge on any atom is -0.496 e. The van der Waals surface area contributed by atoms with Gasteiger partial charge in [0.1, 0.15) is 5.75 Å². The lowest BCUT2D eigenvalue weighted by atomic mass is 10.2. The highest BCUT2D eigenvalue weighted by atomic mass is 35.5. The van der Waals surface area contributed by atoms with E-state index in [2.05, 4.69) is 11.6 Å². The van der Waals surface area contributed by atoms with Gasteiger partial charge in [0, 0.05) is 17.1 Å². The summed E-state index contributed by atoms with van der Waals surface area (Å²) in [6.07, 6.45) is 5.96. The minimum absolute atomic E-state index is 0.768. The second kappa shape index (κ2) is 9.54. The van der Waals surface area contributed by atoms with Crippen molar-refractivity contribution in [2.75, 3.05) is 25.7 Å². The van der Waals surface area contributed by atoms with Gasteiger partial charge in [-0.15, -0.1) is 0 Å². The van der Waals surface area contributed by atoms with Crippen molar-refractivity contribution < 1.29 is 4.74 Å². The molecule has 0 unspecified atom stereocenters. The van der Waals surface area contributed by atoms with Crippen LogP contribution < -0.4 is 10.1 Å². The molecule has 1 aromatic carbocycles. The van der Waals surface area contributed by atoms with Crippen molar-refractivity contribution in [2.45, 2.75) is 25.8 Å². The number of thioether (sulfide) groups is 1. The second-order valence-electron chi connectivity index (χ2n) is 4.15. The monoisotopic (exact) mass is 287 g/mol. The topological polar surface area (TPSA) is 21.3 Å². The molecule has 0 fully saturated rings. The third-order valence-electron chi connectivity index (χ3n) is 2.80. The average Bonchev–Trinajstić information content (AvgIpc) is 2.39. The molecule has 4 heteroatoms. The molecule has 0 radical (unpaired) electrons. The number of benzene rings is 1. The summed E-state index contributed by atoms with van der Waals surface area (Å²) >= 11 is 8.08. The van der Waals surface area contributed by atoms with Crippen LogP contribution in [-0.4, -0.2) is 25.7 Å². The highest BCUT2D eigenvalue weighted by Gasteiger charge is 2.06. The molecule has 2 nitrogen and oxygen atoms in total. The van der Waals surface area contributed by atoms with E-state index < -0.39 is 0 Å². The Balaban J connectivity index is 2.26. The third kappa shape index (κ3) is 5.51. The van der Waals surface area contributed by atoms with E-state index in [0.717, 1.165) is 29.4 Å². The molecular formula is C14H22ClNOS. The molecule has 0 atom stereocenters. The van der Waals surface area contributed by atoms with E-state index in [1.807, 2.05) is 30.0 Å². The van der Waals surface area contributed by atoms with Gasteiger partial charge < -0.3 is 10.1 Å². The van der Waals surface area contributed by atoms with Gasteiger partial charge in [0.25, 0.3) is 0 Å². The maximum Gasteiger partial charge on any atom is 0.124 e. The SMILES string of the molecule is COc1cccc(Cl)c1CNCCCCCSC. The summed E-state index contributed by atoms with van der Waals surface area (Å²) in [5.41, 5.74) is 1.05. The zero-order valence-corrected chi connectivity index (χ0v) is 12.7. The largest absolute Gasteiger partial charge is 0.496 e. The first-order chi connectivity index (χ1) is 8.79. The maximum absolute atomic E-state index is 6.17. The lowest BCUT2D eigenvalue weighted by Crippen LogP contribution is -2.15. The number of halogens is 1. The van der Waals surface area contributed by atoms with Gasteiger partial charge in [-0.3, -0.25) is 0 Å². The van der Waals surface area contributed by atoms with Crippen molar-refractivity contribution >= 4 is 23.4 Å². The third-order valence-corrected chi connectivity index (χ3v) is 3.85. The number of unbranched alkanes of at least 4 members (excludes halogenated alkanes) is 2. The fourth-order valence-electron chi connectivity index (χ4n) is 1.79. The zero-order chi connectivity index (χ0) is 13.2. The van der Waals surface area contributed by atoms with E-state index in [0.29, 0.717) is 0 Å². The Morgan fingerprint density at radius 1 is 1.28 bits per heavy atom. The molecule has 0 saturated carbocycles. The molecule has 0 aliphatic carbocycles. The first-order valence-corrected chi connectivity index (χ1v) is 8.07. The molecule has 0 heterocycles. The maximum atomic E-state index is 6.17. The summed E-state index contributed by atoms with van der Waals surface area (Å²) in [5, 5.41) is 4.19. The van der Waals surface area contributed by atoms with Gasteiger partial charge in [-0.1, -0.05) is 24.1 Å². The Bertz CT molecular complexity index is 347. The molecule has 0 spiro atoms. The summed E-state index contributed by atoms with van der Waals surface area (Å²) in [6, 6.07) is 5.76. The van der Waals surface area contributed by atoms with Gasteiger partial charge in [0.05, 0.1) is 7.11 Å².